The van der Waals surface area contributed by atoms with Gasteiger partial charge in [0.15, 0.2) is 0 Å². The Morgan fingerprint density at radius 2 is 2.05 bits per heavy atom. The first-order valence-electron chi connectivity index (χ1n) is 6.34. The number of nitrogens with zero attached hydrogens (tertiary/aromatic N) is 1. The molecule has 0 aromatic heterocycles. The highest BCUT2D eigenvalue weighted by Gasteiger charge is 2.15. The number of anilines is 2. The fraction of sp³-hybridized carbons (Fsp3) is 0.500. The number of nitrogens with two attached hydrogens (primary N) is 1. The molecule has 1 amide bonds. The van der Waals surface area contributed by atoms with Gasteiger partial charge in [-0.05, 0) is 30.5 Å². The molecule has 0 saturated carbocycles. The molecule has 3 N–H and O–H groups in total. The molecule has 0 fully saturated rings. The molecule has 1 aromatic carbocycles. The first-order valence-corrected chi connectivity index (χ1v) is 6.72. The summed E-state index contributed by atoms with van der Waals surface area (Å²) in [5.41, 5.74) is 7.40. The number of halogens is 1. The molecule has 0 unspecified atom stereocenters. The molecule has 0 bridgehead atoms. The number of carbonyl (C=O) groups excluding carboxylic acids is 1. The van der Waals surface area contributed by atoms with Crippen molar-refractivity contribution in [3.05, 3.63) is 23.2 Å². The number of benzene rings is 1. The second-order valence-corrected chi connectivity index (χ2v) is 5.69. The summed E-state index contributed by atoms with van der Waals surface area (Å²) in [5, 5.41) is 3.38. The van der Waals surface area contributed by atoms with Gasteiger partial charge in [-0.3, -0.25) is 4.79 Å². The minimum Gasteiger partial charge on any atom is -0.376 e. The zero-order valence-electron chi connectivity index (χ0n) is 11.9. The van der Waals surface area contributed by atoms with E-state index in [2.05, 4.69) is 5.32 Å². The van der Waals surface area contributed by atoms with E-state index < -0.39 is 6.04 Å². The summed E-state index contributed by atoms with van der Waals surface area (Å²) in [4.78, 5) is 13.8. The van der Waals surface area contributed by atoms with Crippen molar-refractivity contribution in [1.29, 1.82) is 0 Å². The quantitative estimate of drug-likeness (QED) is 0.873. The molecule has 1 atom stereocenters. The van der Waals surface area contributed by atoms with Crippen LogP contribution in [-0.2, 0) is 4.79 Å². The van der Waals surface area contributed by atoms with Crippen molar-refractivity contribution in [3.63, 3.8) is 0 Å². The molecule has 0 saturated heterocycles. The summed E-state index contributed by atoms with van der Waals surface area (Å²) in [6.07, 6.45) is 0.662. The summed E-state index contributed by atoms with van der Waals surface area (Å²) < 4.78 is 0. The number of hydrogen-bond donors (Lipinski definition) is 2. The molecule has 1 rings (SSSR count). The first kappa shape index (κ1) is 15.8. The van der Waals surface area contributed by atoms with E-state index in [0.29, 0.717) is 23.0 Å². The maximum absolute atomic E-state index is 11.9. The van der Waals surface area contributed by atoms with Crippen LogP contribution in [0.5, 0.6) is 0 Å². The van der Waals surface area contributed by atoms with Gasteiger partial charge in [-0.2, -0.15) is 0 Å². The minimum absolute atomic E-state index is 0.178. The Bertz CT molecular complexity index is 446. The van der Waals surface area contributed by atoms with Crippen molar-refractivity contribution in [1.82, 2.24) is 0 Å². The summed E-state index contributed by atoms with van der Waals surface area (Å²) in [6.45, 7) is 4.08. The van der Waals surface area contributed by atoms with Gasteiger partial charge in [0.05, 0.1) is 16.8 Å². The SMILES string of the molecule is CC(C)C[C@H](N)C(=O)Nc1ccc(N(C)C)c(Cl)c1. The van der Waals surface area contributed by atoms with Crippen LogP contribution in [0.15, 0.2) is 18.2 Å². The van der Waals surface area contributed by atoms with Gasteiger partial charge in [-0.1, -0.05) is 25.4 Å². The normalized spacial score (nSPS) is 12.4. The molecule has 0 aliphatic rings. The third kappa shape index (κ3) is 4.73. The number of amides is 1. The van der Waals surface area contributed by atoms with Crippen molar-refractivity contribution >= 4 is 28.9 Å². The highest BCUT2D eigenvalue weighted by molar-refractivity contribution is 6.33. The molecular formula is C14H22ClN3O. The molecular weight excluding hydrogens is 262 g/mol. The Kier molecular flexibility index (Phi) is 5.63. The van der Waals surface area contributed by atoms with Crippen LogP contribution in [0.3, 0.4) is 0 Å². The Morgan fingerprint density at radius 3 is 2.53 bits per heavy atom. The molecule has 4 nitrogen and oxygen atoms in total. The van der Waals surface area contributed by atoms with E-state index in [1.165, 1.54) is 0 Å². The van der Waals surface area contributed by atoms with Crippen LogP contribution in [-0.4, -0.2) is 26.0 Å². The van der Waals surface area contributed by atoms with Crippen LogP contribution in [0.25, 0.3) is 0 Å². The maximum atomic E-state index is 11.9. The van der Waals surface area contributed by atoms with Crippen LogP contribution in [0, 0.1) is 5.92 Å². The molecule has 106 valence electrons. The second-order valence-electron chi connectivity index (χ2n) is 5.29. The molecule has 0 heterocycles. The Balaban J connectivity index is 2.72. The number of hydrogen-bond acceptors (Lipinski definition) is 3. The van der Waals surface area contributed by atoms with Crippen LogP contribution >= 0.6 is 11.6 Å². The van der Waals surface area contributed by atoms with E-state index in [1.54, 1.807) is 6.07 Å². The maximum Gasteiger partial charge on any atom is 0.241 e. The van der Waals surface area contributed by atoms with E-state index >= 15 is 0 Å². The van der Waals surface area contributed by atoms with E-state index in [9.17, 15) is 4.79 Å². The van der Waals surface area contributed by atoms with Crippen LogP contribution in [0.2, 0.25) is 5.02 Å². The van der Waals surface area contributed by atoms with E-state index in [1.807, 2.05) is 45.0 Å². The van der Waals surface area contributed by atoms with Gasteiger partial charge in [0.1, 0.15) is 0 Å². The van der Waals surface area contributed by atoms with Gasteiger partial charge >= 0.3 is 0 Å². The van der Waals surface area contributed by atoms with Gasteiger partial charge < -0.3 is 16.0 Å². The molecule has 0 aliphatic heterocycles. The lowest BCUT2D eigenvalue weighted by Crippen LogP contribution is -2.36. The standard InChI is InChI=1S/C14H22ClN3O/c1-9(2)7-12(16)14(19)17-10-5-6-13(18(3)4)11(15)8-10/h5-6,8-9,12H,7,16H2,1-4H3,(H,17,19)/t12-/m0/s1. The van der Waals surface area contributed by atoms with E-state index in [-0.39, 0.29) is 5.91 Å². The van der Waals surface area contributed by atoms with Crippen molar-refractivity contribution in [2.75, 3.05) is 24.3 Å². The second kappa shape index (κ2) is 6.78. The fourth-order valence-corrected chi connectivity index (χ4v) is 2.15. The smallest absolute Gasteiger partial charge is 0.241 e. The van der Waals surface area contributed by atoms with Gasteiger partial charge in [-0.25, -0.2) is 0 Å². The Hall–Kier alpha value is -1.26. The van der Waals surface area contributed by atoms with E-state index in [4.69, 9.17) is 17.3 Å². The Morgan fingerprint density at radius 1 is 1.42 bits per heavy atom. The first-order chi connectivity index (χ1) is 8.81. The van der Waals surface area contributed by atoms with Gasteiger partial charge in [0, 0.05) is 19.8 Å². The van der Waals surface area contributed by atoms with Gasteiger partial charge in [0.2, 0.25) is 5.91 Å². The van der Waals surface area contributed by atoms with E-state index in [0.717, 1.165) is 5.69 Å². The fourth-order valence-electron chi connectivity index (χ4n) is 1.80. The summed E-state index contributed by atoms with van der Waals surface area (Å²) in [6, 6.07) is 4.93. The van der Waals surface area contributed by atoms with Crippen molar-refractivity contribution in [3.8, 4) is 0 Å². The summed E-state index contributed by atoms with van der Waals surface area (Å²) >= 11 is 6.15. The van der Waals surface area contributed by atoms with Gasteiger partial charge in [0.25, 0.3) is 0 Å². The predicted molar refractivity (Wildman–Crippen MR) is 81.8 cm³/mol. The number of nitrogens with one attached hydrogen (secondary N) is 1. The predicted octanol–water partition coefficient (Wildman–Crippen LogP) is 2.72. The van der Waals surface area contributed by atoms with Gasteiger partial charge in [-0.15, -0.1) is 0 Å². The van der Waals surface area contributed by atoms with Crippen molar-refractivity contribution in [2.24, 2.45) is 11.7 Å². The third-order valence-corrected chi connectivity index (χ3v) is 3.06. The van der Waals surface area contributed by atoms with Crippen LogP contribution in [0.1, 0.15) is 20.3 Å². The highest BCUT2D eigenvalue weighted by atomic mass is 35.5. The molecule has 0 spiro atoms. The van der Waals surface area contributed by atoms with Crippen molar-refractivity contribution < 1.29 is 4.79 Å². The minimum atomic E-state index is -0.493. The summed E-state index contributed by atoms with van der Waals surface area (Å²) in [5.74, 6) is 0.211. The highest BCUT2D eigenvalue weighted by Crippen LogP contribution is 2.27. The average molecular weight is 284 g/mol. The molecule has 0 aliphatic carbocycles. The third-order valence-electron chi connectivity index (χ3n) is 2.76. The van der Waals surface area contributed by atoms with Crippen LogP contribution < -0.4 is 16.0 Å². The van der Waals surface area contributed by atoms with Crippen LogP contribution in [0.4, 0.5) is 11.4 Å². The zero-order chi connectivity index (χ0) is 14.6. The Labute approximate surface area is 119 Å². The topological polar surface area (TPSA) is 58.4 Å². The van der Waals surface area contributed by atoms with Crippen molar-refractivity contribution in [2.45, 2.75) is 26.3 Å². The number of carbonyl (C=O) groups is 1. The largest absolute Gasteiger partial charge is 0.376 e. The number of rotatable bonds is 5. The molecule has 1 aromatic rings. The lowest BCUT2D eigenvalue weighted by molar-refractivity contribution is -0.117. The molecule has 19 heavy (non-hydrogen) atoms. The average Bonchev–Trinajstić information content (AvgIpc) is 2.27. The monoisotopic (exact) mass is 283 g/mol. The molecule has 0 radical (unpaired) electrons. The summed E-state index contributed by atoms with van der Waals surface area (Å²) in [7, 11) is 3.83. The zero-order valence-corrected chi connectivity index (χ0v) is 12.7. The lowest BCUT2D eigenvalue weighted by atomic mass is 10.0. The lowest BCUT2D eigenvalue weighted by Gasteiger charge is -2.17. The molecule has 5 heteroatoms.